The minimum atomic E-state index is 0.548. The fourth-order valence-electron chi connectivity index (χ4n) is 1.02. The molecular formula is C9H9N3OS2. The Labute approximate surface area is 94.1 Å². The molecule has 0 saturated heterocycles. The van der Waals surface area contributed by atoms with Crippen molar-refractivity contribution in [1.29, 1.82) is 0 Å². The van der Waals surface area contributed by atoms with E-state index in [1.54, 1.807) is 7.11 Å². The number of rotatable bonds is 2. The molecule has 2 N–H and O–H groups in total. The molecule has 0 aliphatic rings. The van der Waals surface area contributed by atoms with Gasteiger partial charge >= 0.3 is 0 Å². The predicted octanol–water partition coefficient (Wildman–Crippen LogP) is 2.03. The highest BCUT2D eigenvalue weighted by molar-refractivity contribution is 7.69. The molecule has 0 amide bonds. The molecular weight excluding hydrogens is 230 g/mol. The minimum Gasteiger partial charge on any atom is -0.497 e. The fraction of sp³-hybridized carbons (Fsp3) is 0.111. The average molecular weight is 239 g/mol. The van der Waals surface area contributed by atoms with Gasteiger partial charge in [-0.15, -0.1) is 0 Å². The molecule has 2 aromatic rings. The molecule has 6 heteroatoms. The zero-order valence-corrected chi connectivity index (χ0v) is 9.64. The first-order valence-electron chi connectivity index (χ1n) is 4.19. The van der Waals surface area contributed by atoms with Crippen LogP contribution in [-0.4, -0.2) is 12.1 Å². The number of nitrogen functional groups attached to an aromatic ring is 1. The molecule has 15 heavy (non-hydrogen) atoms. The van der Waals surface area contributed by atoms with Gasteiger partial charge in [-0.1, -0.05) is 0 Å². The van der Waals surface area contributed by atoms with E-state index < -0.39 is 0 Å². The van der Waals surface area contributed by atoms with Crippen LogP contribution in [0.5, 0.6) is 5.75 Å². The van der Waals surface area contributed by atoms with Gasteiger partial charge in [0.2, 0.25) is 4.80 Å². The van der Waals surface area contributed by atoms with Crippen molar-refractivity contribution >= 4 is 31.5 Å². The second-order valence-corrected chi connectivity index (χ2v) is 4.83. The third-order valence-electron chi connectivity index (χ3n) is 1.70. The van der Waals surface area contributed by atoms with Crippen LogP contribution < -0.4 is 15.3 Å². The van der Waals surface area contributed by atoms with Crippen LogP contribution in [0.25, 0.3) is 0 Å². The lowest BCUT2D eigenvalue weighted by atomic mass is 10.3. The number of hydrogen-bond donors (Lipinski definition) is 1. The summed E-state index contributed by atoms with van der Waals surface area (Å²) < 4.78 is 5.05. The average Bonchev–Trinajstić information content (AvgIpc) is 2.65. The number of aromatic nitrogens is 1. The van der Waals surface area contributed by atoms with Gasteiger partial charge in [0, 0.05) is 0 Å². The van der Waals surface area contributed by atoms with Gasteiger partial charge in [-0.25, -0.2) is 4.99 Å². The molecule has 2 rings (SSSR count). The largest absolute Gasteiger partial charge is 0.497 e. The van der Waals surface area contributed by atoms with Crippen LogP contribution in [-0.2, 0) is 0 Å². The Bertz CT molecular complexity index is 501. The minimum absolute atomic E-state index is 0.548. The summed E-state index contributed by atoms with van der Waals surface area (Å²) in [4.78, 5) is 9.07. The Balaban J connectivity index is 2.31. The second kappa shape index (κ2) is 4.41. The van der Waals surface area contributed by atoms with E-state index in [1.807, 2.05) is 24.3 Å². The van der Waals surface area contributed by atoms with E-state index in [2.05, 4.69) is 9.98 Å². The number of anilines is 1. The topological polar surface area (TPSA) is 60.5 Å². The number of hydrogen-bond acceptors (Lipinski definition) is 6. The third-order valence-corrected chi connectivity index (χ3v) is 3.59. The molecule has 0 aliphatic carbocycles. The standard InChI is InChI=1S/C9H9N3OS2/c1-13-7-4-2-6(3-5-7)11-9-12-8(10)14-15-9/h2-5H,1H3,(H2,10,11,12). The van der Waals surface area contributed by atoms with Crippen LogP contribution in [0.3, 0.4) is 0 Å². The van der Waals surface area contributed by atoms with Crippen molar-refractivity contribution in [2.24, 2.45) is 4.99 Å². The summed E-state index contributed by atoms with van der Waals surface area (Å²) in [6.07, 6.45) is 0. The lowest BCUT2D eigenvalue weighted by Gasteiger charge is -1.97. The summed E-state index contributed by atoms with van der Waals surface area (Å²) >= 11 is 0. The van der Waals surface area contributed by atoms with Gasteiger partial charge in [-0.2, -0.15) is 4.98 Å². The molecule has 0 unspecified atom stereocenters. The first-order chi connectivity index (χ1) is 7.28. The smallest absolute Gasteiger partial charge is 0.222 e. The molecule has 0 saturated carbocycles. The van der Waals surface area contributed by atoms with Gasteiger partial charge in [0.05, 0.1) is 12.8 Å². The summed E-state index contributed by atoms with van der Waals surface area (Å²) in [5.41, 5.74) is 6.36. The molecule has 0 bridgehead atoms. The highest BCUT2D eigenvalue weighted by Gasteiger charge is 1.94. The lowest BCUT2D eigenvalue weighted by molar-refractivity contribution is 0.415. The number of methoxy groups -OCH3 is 1. The van der Waals surface area contributed by atoms with E-state index in [9.17, 15) is 0 Å². The van der Waals surface area contributed by atoms with Crippen LogP contribution >= 0.6 is 20.7 Å². The lowest BCUT2D eigenvalue weighted by Crippen LogP contribution is -1.97. The number of benzene rings is 1. The number of ether oxygens (including phenoxy) is 1. The van der Waals surface area contributed by atoms with E-state index >= 15 is 0 Å². The van der Waals surface area contributed by atoms with Gasteiger partial charge in [0.25, 0.3) is 0 Å². The molecule has 1 aromatic heterocycles. The highest BCUT2D eigenvalue weighted by Crippen LogP contribution is 2.17. The maximum atomic E-state index is 5.52. The Kier molecular flexibility index (Phi) is 2.98. The number of nitrogens with two attached hydrogens (primary N) is 1. The molecule has 0 spiro atoms. The molecule has 0 aliphatic heterocycles. The summed E-state index contributed by atoms with van der Waals surface area (Å²) in [7, 11) is 4.52. The molecule has 1 aromatic carbocycles. The van der Waals surface area contributed by atoms with E-state index in [-0.39, 0.29) is 0 Å². The number of nitrogens with zero attached hydrogens (tertiary/aromatic N) is 2. The molecule has 78 valence electrons. The molecule has 1 heterocycles. The quantitative estimate of drug-likeness (QED) is 0.816. The second-order valence-electron chi connectivity index (χ2n) is 2.71. The predicted molar refractivity (Wildman–Crippen MR) is 62.6 cm³/mol. The Morgan fingerprint density at radius 2 is 2.00 bits per heavy atom. The zero-order valence-electron chi connectivity index (χ0n) is 8.01. The van der Waals surface area contributed by atoms with E-state index in [4.69, 9.17) is 10.5 Å². The Hall–Kier alpha value is -1.40. The van der Waals surface area contributed by atoms with Gasteiger partial charge < -0.3 is 10.5 Å². The first kappa shape index (κ1) is 10.1. The van der Waals surface area contributed by atoms with Crippen molar-refractivity contribution < 1.29 is 4.74 Å². The third kappa shape index (κ3) is 2.54. The van der Waals surface area contributed by atoms with E-state index in [1.165, 1.54) is 20.7 Å². The van der Waals surface area contributed by atoms with Crippen LogP contribution in [0.1, 0.15) is 0 Å². The molecule has 4 nitrogen and oxygen atoms in total. The van der Waals surface area contributed by atoms with Crippen LogP contribution in [0, 0.1) is 0 Å². The summed E-state index contributed by atoms with van der Waals surface area (Å²) in [6.45, 7) is 0. The van der Waals surface area contributed by atoms with Crippen LogP contribution in [0.4, 0.5) is 10.8 Å². The maximum Gasteiger partial charge on any atom is 0.222 e. The zero-order chi connectivity index (χ0) is 10.7. The molecule has 0 radical (unpaired) electrons. The van der Waals surface area contributed by atoms with Crippen LogP contribution in [0.2, 0.25) is 0 Å². The van der Waals surface area contributed by atoms with Gasteiger partial charge in [-0.05, 0) is 44.9 Å². The molecule has 0 atom stereocenters. The Morgan fingerprint density at radius 3 is 2.53 bits per heavy atom. The van der Waals surface area contributed by atoms with Crippen molar-refractivity contribution in [1.82, 2.24) is 4.98 Å². The fourth-order valence-corrected chi connectivity index (χ4v) is 2.46. The van der Waals surface area contributed by atoms with Gasteiger partial charge in [0.1, 0.15) is 5.75 Å². The van der Waals surface area contributed by atoms with Gasteiger partial charge in [0.15, 0.2) is 5.13 Å². The highest BCUT2D eigenvalue weighted by atomic mass is 32.9. The summed E-state index contributed by atoms with van der Waals surface area (Å²) in [5.74, 6) is 0.815. The molecule has 0 fully saturated rings. The van der Waals surface area contributed by atoms with Crippen molar-refractivity contribution in [3.8, 4) is 5.75 Å². The first-order valence-corrected chi connectivity index (χ1v) is 6.34. The van der Waals surface area contributed by atoms with Crippen LogP contribution in [0.15, 0.2) is 29.3 Å². The summed E-state index contributed by atoms with van der Waals surface area (Å²) in [5, 5.41) is 0.548. The van der Waals surface area contributed by atoms with Crippen molar-refractivity contribution in [2.45, 2.75) is 0 Å². The van der Waals surface area contributed by atoms with Crippen molar-refractivity contribution in [2.75, 3.05) is 12.8 Å². The monoisotopic (exact) mass is 239 g/mol. The van der Waals surface area contributed by atoms with Crippen molar-refractivity contribution in [3.63, 3.8) is 0 Å². The normalized spacial score (nSPS) is 11.7. The maximum absolute atomic E-state index is 5.52. The SMILES string of the molecule is COc1ccc(N=c2nc(N)ss2)cc1. The Morgan fingerprint density at radius 1 is 1.27 bits per heavy atom. The van der Waals surface area contributed by atoms with E-state index in [0.717, 1.165) is 11.4 Å². The van der Waals surface area contributed by atoms with E-state index in [0.29, 0.717) is 9.93 Å². The van der Waals surface area contributed by atoms with Gasteiger partial charge in [-0.3, -0.25) is 0 Å². The summed E-state index contributed by atoms with van der Waals surface area (Å²) in [6, 6.07) is 7.47. The van der Waals surface area contributed by atoms with Crippen molar-refractivity contribution in [3.05, 3.63) is 29.1 Å².